The third kappa shape index (κ3) is 3.81. The van der Waals surface area contributed by atoms with Gasteiger partial charge in [0.25, 0.3) is 0 Å². The van der Waals surface area contributed by atoms with E-state index in [9.17, 15) is 9.00 Å². The molecule has 1 saturated carbocycles. The van der Waals surface area contributed by atoms with E-state index in [-0.39, 0.29) is 16.6 Å². The quantitative estimate of drug-likeness (QED) is 0.810. The molecule has 1 aliphatic heterocycles. The minimum absolute atomic E-state index is 0.0186. The molecule has 2 atom stereocenters. The molecule has 0 aromatic carbocycles. The van der Waals surface area contributed by atoms with E-state index >= 15 is 0 Å². The molecule has 2 rings (SSSR count). The lowest BCUT2D eigenvalue weighted by Crippen LogP contribution is -2.53. The van der Waals surface area contributed by atoms with Gasteiger partial charge in [-0.2, -0.15) is 0 Å². The number of hydrogen-bond acceptors (Lipinski definition) is 4. The summed E-state index contributed by atoms with van der Waals surface area (Å²) in [5, 5.41) is 0. The van der Waals surface area contributed by atoms with Crippen molar-refractivity contribution in [3.8, 4) is 0 Å². The Bertz CT molecular complexity index is 396. The van der Waals surface area contributed by atoms with E-state index in [0.717, 1.165) is 17.9 Å². The van der Waals surface area contributed by atoms with Gasteiger partial charge in [0, 0.05) is 11.5 Å². The average Bonchev–Trinajstić information content (AvgIpc) is 3.01. The van der Waals surface area contributed by atoms with Gasteiger partial charge >= 0.3 is 0 Å². The van der Waals surface area contributed by atoms with E-state index in [2.05, 4.69) is 4.72 Å². The van der Waals surface area contributed by atoms with Crippen LogP contribution in [-0.4, -0.2) is 36.4 Å². The minimum atomic E-state index is -1.12. The maximum Gasteiger partial charge on any atom is 0.157 e. The number of hydrogen-bond donors (Lipinski definition) is 1. The van der Waals surface area contributed by atoms with Crippen molar-refractivity contribution in [2.75, 3.05) is 11.5 Å². The Labute approximate surface area is 133 Å². The van der Waals surface area contributed by atoms with Crippen LogP contribution in [0.5, 0.6) is 0 Å². The summed E-state index contributed by atoms with van der Waals surface area (Å²) < 4.78 is 15.0. The lowest BCUT2D eigenvalue weighted by molar-refractivity contribution is -0.117. The zero-order valence-electron chi connectivity index (χ0n) is 12.7. The van der Waals surface area contributed by atoms with Gasteiger partial charge in [-0.05, 0) is 40.0 Å². The van der Waals surface area contributed by atoms with Crippen LogP contribution in [0.2, 0.25) is 0 Å². The van der Waals surface area contributed by atoms with Crippen molar-refractivity contribution < 1.29 is 9.00 Å². The van der Waals surface area contributed by atoms with E-state index in [1.54, 1.807) is 30.4 Å². The van der Waals surface area contributed by atoms with Crippen molar-refractivity contribution in [1.82, 2.24) is 4.72 Å². The number of nitrogens with one attached hydrogen (secondary N) is 1. The zero-order valence-corrected chi connectivity index (χ0v) is 15.2. The predicted molar refractivity (Wildman–Crippen MR) is 90.5 cm³/mol. The predicted octanol–water partition coefficient (Wildman–Crippen LogP) is 2.97. The number of ketones is 1. The molecule has 20 heavy (non-hydrogen) atoms. The third-order valence-corrected chi connectivity index (χ3v) is 9.13. The standard InChI is InChI=1S/C14H25NO2S3/c1-10(16)14(18-7-8-19-14)12(9-11-5-6-11)15-20(17)13(2,3)4/h11-12,15H,5-9H2,1-4H3/t12-,20?/m0/s1. The van der Waals surface area contributed by atoms with E-state index in [4.69, 9.17) is 0 Å². The topological polar surface area (TPSA) is 46.2 Å². The van der Waals surface area contributed by atoms with Gasteiger partial charge in [0.15, 0.2) is 5.78 Å². The van der Waals surface area contributed by atoms with Gasteiger partial charge in [0.2, 0.25) is 0 Å². The summed E-state index contributed by atoms with van der Waals surface area (Å²) in [6.45, 7) is 7.60. The molecule has 2 fully saturated rings. The third-order valence-electron chi connectivity index (χ3n) is 3.74. The minimum Gasteiger partial charge on any atom is -0.297 e. The fraction of sp³-hybridized carbons (Fsp3) is 0.929. The molecule has 1 aliphatic carbocycles. The van der Waals surface area contributed by atoms with E-state index < -0.39 is 15.1 Å². The molecule has 0 aromatic heterocycles. The van der Waals surface area contributed by atoms with Crippen LogP contribution in [0, 0.1) is 5.92 Å². The second kappa shape index (κ2) is 6.31. The van der Waals surface area contributed by atoms with Crippen molar-refractivity contribution in [2.45, 2.75) is 61.8 Å². The lowest BCUT2D eigenvalue weighted by atomic mass is 10.0. The van der Waals surface area contributed by atoms with E-state index in [1.807, 2.05) is 20.8 Å². The second-order valence-electron chi connectivity index (χ2n) is 6.65. The first-order chi connectivity index (χ1) is 9.25. The molecule has 1 unspecified atom stereocenters. The van der Waals surface area contributed by atoms with Crippen LogP contribution in [0.3, 0.4) is 0 Å². The number of rotatable bonds is 6. The van der Waals surface area contributed by atoms with Gasteiger partial charge in [-0.15, -0.1) is 23.5 Å². The highest BCUT2D eigenvalue weighted by Gasteiger charge is 2.49. The van der Waals surface area contributed by atoms with Crippen LogP contribution in [0.1, 0.15) is 47.0 Å². The van der Waals surface area contributed by atoms with Crippen LogP contribution < -0.4 is 4.72 Å². The number of Topliss-reactive ketones (excluding diaryl/α,β-unsaturated/α-hetero) is 1. The van der Waals surface area contributed by atoms with E-state index in [1.165, 1.54) is 12.8 Å². The molecule has 0 bridgehead atoms. The lowest BCUT2D eigenvalue weighted by Gasteiger charge is -2.35. The molecule has 0 spiro atoms. The molecule has 0 radical (unpaired) electrons. The summed E-state index contributed by atoms with van der Waals surface area (Å²) in [6, 6.07) is 0.0186. The SMILES string of the molecule is CC(=O)C1([C@H](CC2CC2)NS(=O)C(C)(C)C)SCCS1. The molecule has 1 heterocycles. The Morgan fingerprint density at radius 3 is 2.30 bits per heavy atom. The van der Waals surface area contributed by atoms with Crippen molar-refractivity contribution >= 4 is 40.3 Å². The Balaban J connectivity index is 2.17. The van der Waals surface area contributed by atoms with Crippen molar-refractivity contribution in [2.24, 2.45) is 5.92 Å². The highest BCUT2D eigenvalue weighted by atomic mass is 32.2. The summed E-state index contributed by atoms with van der Waals surface area (Å²) in [7, 11) is -1.12. The molecule has 1 saturated heterocycles. The first-order valence-corrected chi connectivity index (χ1v) is 10.3. The Kier molecular flexibility index (Phi) is 5.31. The molecule has 0 amide bonds. The van der Waals surface area contributed by atoms with Gasteiger partial charge in [-0.25, -0.2) is 8.93 Å². The highest BCUT2D eigenvalue weighted by Crippen LogP contribution is 2.50. The molecule has 6 heteroatoms. The van der Waals surface area contributed by atoms with Crippen LogP contribution in [0.25, 0.3) is 0 Å². The first-order valence-electron chi connectivity index (χ1n) is 7.22. The van der Waals surface area contributed by atoms with Gasteiger partial charge in [-0.3, -0.25) is 4.79 Å². The summed E-state index contributed by atoms with van der Waals surface area (Å²) >= 11 is 3.49. The Morgan fingerprint density at radius 2 is 1.90 bits per heavy atom. The van der Waals surface area contributed by atoms with Gasteiger partial charge < -0.3 is 0 Å². The number of carbonyl (C=O) groups excluding carboxylic acids is 1. The molecular weight excluding hydrogens is 310 g/mol. The Hall–Kier alpha value is 0.480. The second-order valence-corrected chi connectivity index (χ2v) is 11.6. The van der Waals surface area contributed by atoms with Gasteiger partial charge in [0.1, 0.15) is 4.08 Å². The fourth-order valence-corrected chi connectivity index (χ4v) is 6.61. The van der Waals surface area contributed by atoms with Crippen molar-refractivity contribution in [1.29, 1.82) is 0 Å². The molecule has 2 aliphatic rings. The molecule has 116 valence electrons. The molecule has 3 nitrogen and oxygen atoms in total. The van der Waals surface area contributed by atoms with Crippen LogP contribution in [-0.2, 0) is 15.8 Å². The highest BCUT2D eigenvalue weighted by molar-refractivity contribution is 8.22. The van der Waals surface area contributed by atoms with Crippen LogP contribution >= 0.6 is 23.5 Å². The smallest absolute Gasteiger partial charge is 0.157 e. The van der Waals surface area contributed by atoms with Crippen molar-refractivity contribution in [3.05, 3.63) is 0 Å². The van der Waals surface area contributed by atoms with Gasteiger partial charge in [-0.1, -0.05) is 12.8 Å². The largest absolute Gasteiger partial charge is 0.297 e. The number of carbonyl (C=O) groups is 1. The summed E-state index contributed by atoms with van der Waals surface area (Å²) in [5.74, 6) is 2.95. The van der Waals surface area contributed by atoms with E-state index in [0.29, 0.717) is 5.92 Å². The van der Waals surface area contributed by atoms with Crippen LogP contribution in [0.4, 0.5) is 0 Å². The maximum atomic E-state index is 12.5. The van der Waals surface area contributed by atoms with Crippen LogP contribution in [0.15, 0.2) is 0 Å². The summed E-state index contributed by atoms with van der Waals surface area (Å²) in [5.41, 5.74) is 0. The normalized spacial score (nSPS) is 25.4. The first kappa shape index (κ1) is 16.8. The Morgan fingerprint density at radius 1 is 1.35 bits per heavy atom. The zero-order chi connectivity index (χ0) is 15.0. The monoisotopic (exact) mass is 335 g/mol. The molecule has 1 N–H and O–H groups in total. The summed E-state index contributed by atoms with van der Waals surface area (Å²) in [4.78, 5) is 12.3. The maximum absolute atomic E-state index is 12.5. The number of thioether (sulfide) groups is 2. The molecular formula is C14H25NO2S3. The molecule has 0 aromatic rings. The van der Waals surface area contributed by atoms with Gasteiger partial charge in [0.05, 0.1) is 21.8 Å². The summed E-state index contributed by atoms with van der Waals surface area (Å²) in [6.07, 6.45) is 3.48. The van der Waals surface area contributed by atoms with Crippen molar-refractivity contribution in [3.63, 3.8) is 0 Å². The average molecular weight is 336 g/mol. The fourth-order valence-electron chi connectivity index (χ4n) is 2.35.